The van der Waals surface area contributed by atoms with Crippen LogP contribution in [0.1, 0.15) is 22.3 Å². The second-order valence-electron chi connectivity index (χ2n) is 4.88. The second kappa shape index (κ2) is 6.15. The van der Waals surface area contributed by atoms with E-state index in [1.807, 2.05) is 7.05 Å². The van der Waals surface area contributed by atoms with E-state index >= 15 is 0 Å². The molecule has 3 nitrogen and oxygen atoms in total. The molecule has 1 atom stereocenters. The highest BCUT2D eigenvalue weighted by Crippen LogP contribution is 2.18. The smallest absolute Gasteiger partial charge is 0.0789 e. The van der Waals surface area contributed by atoms with E-state index in [0.717, 1.165) is 6.54 Å². The quantitative estimate of drug-likeness (QED) is 0.811. The maximum atomic E-state index is 9.51. The largest absolute Gasteiger partial charge is 0.390 e. The Hall–Kier alpha value is -0.900. The van der Waals surface area contributed by atoms with Crippen LogP contribution < -0.4 is 5.73 Å². The summed E-state index contributed by atoms with van der Waals surface area (Å²) < 4.78 is 0. The summed E-state index contributed by atoms with van der Waals surface area (Å²) in [6.07, 6.45) is -0.438. The van der Waals surface area contributed by atoms with E-state index in [1.165, 1.54) is 22.3 Å². The van der Waals surface area contributed by atoms with Gasteiger partial charge in [-0.15, -0.1) is 0 Å². The molecule has 1 rings (SSSR count). The fourth-order valence-corrected chi connectivity index (χ4v) is 1.97. The van der Waals surface area contributed by atoms with E-state index in [0.29, 0.717) is 13.1 Å². The van der Waals surface area contributed by atoms with E-state index in [9.17, 15) is 5.11 Å². The number of aliphatic hydroxyl groups is 1. The second-order valence-corrected chi connectivity index (χ2v) is 4.88. The van der Waals surface area contributed by atoms with E-state index in [2.05, 4.69) is 37.8 Å². The van der Waals surface area contributed by atoms with Crippen molar-refractivity contribution in [2.45, 2.75) is 33.4 Å². The molecule has 3 N–H and O–H groups in total. The van der Waals surface area contributed by atoms with Gasteiger partial charge in [0.25, 0.3) is 0 Å². The van der Waals surface area contributed by atoms with Crippen LogP contribution in [-0.4, -0.2) is 36.2 Å². The van der Waals surface area contributed by atoms with Gasteiger partial charge in [-0.05, 0) is 50.1 Å². The lowest BCUT2D eigenvalue weighted by Gasteiger charge is -2.21. The van der Waals surface area contributed by atoms with Gasteiger partial charge in [0.15, 0.2) is 0 Å². The SMILES string of the molecule is Cc1ccc(CN(C)CC(O)CN)c(C)c1C. The molecule has 1 aromatic rings. The Morgan fingerprint density at radius 2 is 1.88 bits per heavy atom. The predicted octanol–water partition coefficient (Wildman–Crippen LogP) is 1.36. The van der Waals surface area contributed by atoms with Gasteiger partial charge in [0, 0.05) is 19.6 Å². The Bertz CT molecular complexity index is 377. The summed E-state index contributed by atoms with van der Waals surface area (Å²) in [5.74, 6) is 0. The zero-order valence-electron chi connectivity index (χ0n) is 11.3. The lowest BCUT2D eigenvalue weighted by atomic mass is 9.98. The van der Waals surface area contributed by atoms with Crippen molar-refractivity contribution < 1.29 is 5.11 Å². The lowest BCUT2D eigenvalue weighted by molar-refractivity contribution is 0.129. The Labute approximate surface area is 104 Å². The van der Waals surface area contributed by atoms with Crippen molar-refractivity contribution in [3.05, 3.63) is 34.4 Å². The van der Waals surface area contributed by atoms with Crippen LogP contribution in [0.2, 0.25) is 0 Å². The molecule has 0 aliphatic rings. The first-order valence-electron chi connectivity index (χ1n) is 6.08. The van der Waals surface area contributed by atoms with Crippen LogP contribution in [0.25, 0.3) is 0 Å². The van der Waals surface area contributed by atoms with Crippen LogP contribution in [0.4, 0.5) is 0 Å². The van der Waals surface area contributed by atoms with Crippen molar-refractivity contribution in [3.63, 3.8) is 0 Å². The molecule has 0 aliphatic heterocycles. The molecule has 1 aromatic carbocycles. The lowest BCUT2D eigenvalue weighted by Crippen LogP contribution is -2.33. The molecule has 0 spiro atoms. The molecule has 0 saturated heterocycles. The summed E-state index contributed by atoms with van der Waals surface area (Å²) in [6.45, 7) is 8.23. The fourth-order valence-electron chi connectivity index (χ4n) is 1.97. The molecule has 3 heteroatoms. The first-order chi connectivity index (χ1) is 7.95. The third-order valence-electron chi connectivity index (χ3n) is 3.40. The summed E-state index contributed by atoms with van der Waals surface area (Å²) in [5, 5.41) is 9.51. The summed E-state index contributed by atoms with van der Waals surface area (Å²) in [5.41, 5.74) is 10.8. The molecule has 0 fully saturated rings. The van der Waals surface area contributed by atoms with Crippen LogP contribution in [0, 0.1) is 20.8 Å². The molecule has 0 heterocycles. The molecule has 17 heavy (non-hydrogen) atoms. The number of hydrogen-bond donors (Lipinski definition) is 2. The summed E-state index contributed by atoms with van der Waals surface area (Å²) in [7, 11) is 2.01. The monoisotopic (exact) mass is 236 g/mol. The molecular weight excluding hydrogens is 212 g/mol. The van der Waals surface area contributed by atoms with Crippen LogP contribution in [0.3, 0.4) is 0 Å². The average Bonchev–Trinajstić information content (AvgIpc) is 2.29. The molecular formula is C14H24N2O. The average molecular weight is 236 g/mol. The number of likely N-dealkylation sites (N-methyl/N-ethyl adjacent to an activating group) is 1. The Kier molecular flexibility index (Phi) is 5.12. The molecule has 1 unspecified atom stereocenters. The van der Waals surface area contributed by atoms with Crippen LogP contribution in [-0.2, 0) is 6.54 Å². The maximum Gasteiger partial charge on any atom is 0.0789 e. The zero-order chi connectivity index (χ0) is 13.0. The van der Waals surface area contributed by atoms with Crippen LogP contribution in [0.5, 0.6) is 0 Å². The van der Waals surface area contributed by atoms with Crippen LogP contribution >= 0.6 is 0 Å². The highest BCUT2D eigenvalue weighted by Gasteiger charge is 2.09. The Morgan fingerprint density at radius 3 is 2.47 bits per heavy atom. The van der Waals surface area contributed by atoms with Gasteiger partial charge in [-0.3, -0.25) is 4.90 Å². The summed E-state index contributed by atoms with van der Waals surface area (Å²) in [6, 6.07) is 4.33. The van der Waals surface area contributed by atoms with Gasteiger partial charge in [-0.25, -0.2) is 0 Å². The first-order valence-corrected chi connectivity index (χ1v) is 6.08. The predicted molar refractivity (Wildman–Crippen MR) is 72.0 cm³/mol. The minimum atomic E-state index is -0.438. The van der Waals surface area contributed by atoms with Gasteiger partial charge < -0.3 is 10.8 Å². The van der Waals surface area contributed by atoms with Crippen LogP contribution in [0.15, 0.2) is 12.1 Å². The minimum absolute atomic E-state index is 0.316. The Balaban J connectivity index is 2.72. The normalized spacial score (nSPS) is 13.1. The molecule has 96 valence electrons. The van der Waals surface area contributed by atoms with Gasteiger partial charge in [0.1, 0.15) is 0 Å². The summed E-state index contributed by atoms with van der Waals surface area (Å²) in [4.78, 5) is 2.11. The van der Waals surface area contributed by atoms with E-state index < -0.39 is 6.10 Å². The Morgan fingerprint density at radius 1 is 1.24 bits per heavy atom. The highest BCUT2D eigenvalue weighted by molar-refractivity contribution is 5.38. The maximum absolute atomic E-state index is 9.51. The number of nitrogens with two attached hydrogens (primary N) is 1. The van der Waals surface area contributed by atoms with Crippen molar-refractivity contribution in [2.75, 3.05) is 20.1 Å². The van der Waals surface area contributed by atoms with Crippen molar-refractivity contribution in [3.8, 4) is 0 Å². The number of benzene rings is 1. The van der Waals surface area contributed by atoms with Gasteiger partial charge >= 0.3 is 0 Å². The molecule has 0 bridgehead atoms. The number of aliphatic hydroxyl groups excluding tert-OH is 1. The number of hydrogen-bond acceptors (Lipinski definition) is 3. The van der Waals surface area contributed by atoms with Gasteiger partial charge in [-0.2, -0.15) is 0 Å². The minimum Gasteiger partial charge on any atom is -0.390 e. The number of nitrogens with zero attached hydrogens (tertiary/aromatic N) is 1. The molecule has 0 amide bonds. The molecule has 0 aliphatic carbocycles. The first kappa shape index (κ1) is 14.2. The fraction of sp³-hybridized carbons (Fsp3) is 0.571. The highest BCUT2D eigenvalue weighted by atomic mass is 16.3. The van der Waals surface area contributed by atoms with Crippen molar-refractivity contribution in [2.24, 2.45) is 5.73 Å². The zero-order valence-corrected chi connectivity index (χ0v) is 11.3. The third-order valence-corrected chi connectivity index (χ3v) is 3.40. The number of aryl methyl sites for hydroxylation is 1. The number of rotatable bonds is 5. The third kappa shape index (κ3) is 3.80. The van der Waals surface area contributed by atoms with Gasteiger partial charge in [0.05, 0.1) is 6.10 Å². The summed E-state index contributed by atoms with van der Waals surface area (Å²) >= 11 is 0. The van der Waals surface area contributed by atoms with E-state index in [-0.39, 0.29) is 0 Å². The topological polar surface area (TPSA) is 49.5 Å². The van der Waals surface area contributed by atoms with Gasteiger partial charge in [-0.1, -0.05) is 12.1 Å². The van der Waals surface area contributed by atoms with Gasteiger partial charge in [0.2, 0.25) is 0 Å². The molecule has 0 radical (unpaired) electrons. The van der Waals surface area contributed by atoms with Crippen molar-refractivity contribution >= 4 is 0 Å². The van der Waals surface area contributed by atoms with E-state index in [1.54, 1.807) is 0 Å². The standard InChI is InChI=1S/C14H24N2O/c1-10-5-6-13(12(3)11(10)2)8-16(4)9-14(17)7-15/h5-6,14,17H,7-9,15H2,1-4H3. The van der Waals surface area contributed by atoms with E-state index in [4.69, 9.17) is 5.73 Å². The van der Waals surface area contributed by atoms with Crippen molar-refractivity contribution in [1.82, 2.24) is 4.90 Å². The molecule has 0 aromatic heterocycles. The van der Waals surface area contributed by atoms with Crippen molar-refractivity contribution in [1.29, 1.82) is 0 Å². The molecule has 0 saturated carbocycles.